The molecule has 0 bridgehead atoms. The number of anilines is 1. The molecule has 0 amide bonds. The minimum atomic E-state index is -4.45. The molecule has 1 N–H and O–H groups in total. The van der Waals surface area contributed by atoms with Crippen LogP contribution in [0.2, 0.25) is 0 Å². The molecule has 0 saturated carbocycles. The molecule has 3 nitrogen and oxygen atoms in total. The van der Waals surface area contributed by atoms with Gasteiger partial charge in [0.1, 0.15) is 11.0 Å². The van der Waals surface area contributed by atoms with Crippen molar-refractivity contribution in [3.8, 4) is 6.07 Å². The predicted molar refractivity (Wildman–Crippen MR) is 59.8 cm³/mol. The number of alkyl halides is 3. The molecule has 18 heavy (non-hydrogen) atoms. The van der Waals surface area contributed by atoms with Crippen LogP contribution >= 0.6 is 0 Å². The monoisotopic (exact) mass is 272 g/mol. The van der Waals surface area contributed by atoms with Crippen molar-refractivity contribution in [2.45, 2.75) is 18.0 Å². The number of hydrogen-bond donors (Lipinski definition) is 1. The first-order valence-corrected chi connectivity index (χ1v) is 6.00. The largest absolute Gasteiger partial charge is 0.416 e. The third-order valence-corrected chi connectivity index (χ3v) is 3.98. The molecule has 0 radical (unpaired) electrons. The molecule has 0 saturated heterocycles. The van der Waals surface area contributed by atoms with Gasteiger partial charge in [-0.05, 0) is 25.1 Å². The second-order valence-corrected chi connectivity index (χ2v) is 5.05. The first-order chi connectivity index (χ1) is 8.34. The Kier molecular flexibility index (Phi) is 2.91. The first kappa shape index (κ1) is 12.6. The molecule has 0 aliphatic carbocycles. The summed E-state index contributed by atoms with van der Waals surface area (Å²) in [7, 11) is -1.73. The van der Waals surface area contributed by atoms with Crippen LogP contribution in [-0.2, 0) is 17.0 Å². The lowest BCUT2D eigenvalue weighted by molar-refractivity contribution is -0.137. The minimum absolute atomic E-state index is 0.0299. The van der Waals surface area contributed by atoms with E-state index in [2.05, 4.69) is 5.32 Å². The van der Waals surface area contributed by atoms with E-state index in [1.807, 2.05) is 0 Å². The molecule has 7 heteroatoms. The Hall–Kier alpha value is -1.81. The zero-order chi connectivity index (χ0) is 13.5. The molecule has 1 aliphatic rings. The van der Waals surface area contributed by atoms with Gasteiger partial charge >= 0.3 is 6.18 Å². The molecular weight excluding hydrogens is 265 g/mol. The second kappa shape index (κ2) is 4.14. The molecule has 2 rings (SSSR count). The lowest BCUT2D eigenvalue weighted by atomic mass is 10.2. The number of nitriles is 1. The van der Waals surface area contributed by atoms with Crippen LogP contribution in [0.25, 0.3) is 0 Å². The number of nitrogens with zero attached hydrogens (tertiary/aromatic N) is 1. The van der Waals surface area contributed by atoms with Gasteiger partial charge in [0.05, 0.1) is 26.9 Å². The highest BCUT2D eigenvalue weighted by Gasteiger charge is 2.32. The van der Waals surface area contributed by atoms with Gasteiger partial charge in [0.2, 0.25) is 0 Å². The van der Waals surface area contributed by atoms with E-state index in [0.29, 0.717) is 5.70 Å². The third kappa shape index (κ3) is 1.99. The van der Waals surface area contributed by atoms with Crippen LogP contribution in [0.3, 0.4) is 0 Å². The average Bonchev–Trinajstić information content (AvgIpc) is 2.27. The summed E-state index contributed by atoms with van der Waals surface area (Å²) >= 11 is 0. The van der Waals surface area contributed by atoms with Crippen molar-refractivity contribution in [1.29, 1.82) is 5.26 Å². The molecule has 1 aliphatic heterocycles. The summed E-state index contributed by atoms with van der Waals surface area (Å²) in [6, 6.07) is 4.66. The number of fused-ring (bicyclic) bond motifs is 1. The van der Waals surface area contributed by atoms with Gasteiger partial charge in [0.15, 0.2) is 0 Å². The van der Waals surface area contributed by atoms with Crippen molar-refractivity contribution in [2.24, 2.45) is 0 Å². The van der Waals surface area contributed by atoms with Crippen molar-refractivity contribution in [3.05, 3.63) is 34.4 Å². The molecule has 1 aromatic rings. The van der Waals surface area contributed by atoms with E-state index < -0.39 is 22.5 Å². The second-order valence-electron chi connectivity index (χ2n) is 3.67. The van der Waals surface area contributed by atoms with Gasteiger partial charge in [-0.2, -0.15) is 18.4 Å². The van der Waals surface area contributed by atoms with Crippen LogP contribution in [0.15, 0.2) is 33.7 Å². The zero-order valence-corrected chi connectivity index (χ0v) is 9.95. The Morgan fingerprint density at radius 3 is 2.61 bits per heavy atom. The minimum Gasteiger partial charge on any atom is -0.357 e. The quantitative estimate of drug-likeness (QED) is 0.790. The van der Waals surface area contributed by atoms with Crippen LogP contribution in [0.1, 0.15) is 12.5 Å². The van der Waals surface area contributed by atoms with Gasteiger partial charge in [-0.25, -0.2) is 4.21 Å². The topological polar surface area (TPSA) is 52.9 Å². The normalized spacial score (nSPS) is 18.9. The Morgan fingerprint density at radius 1 is 1.39 bits per heavy atom. The fourth-order valence-corrected chi connectivity index (χ4v) is 2.73. The van der Waals surface area contributed by atoms with Gasteiger partial charge in [-0.3, -0.25) is 0 Å². The van der Waals surface area contributed by atoms with Gasteiger partial charge in [0.25, 0.3) is 0 Å². The van der Waals surface area contributed by atoms with Gasteiger partial charge < -0.3 is 5.32 Å². The SMILES string of the molecule is CC1=C(C#N)S(=O)c2ccc(C(F)(F)F)cc2N1. The van der Waals surface area contributed by atoms with Crippen LogP contribution in [0.5, 0.6) is 0 Å². The van der Waals surface area contributed by atoms with E-state index >= 15 is 0 Å². The summed E-state index contributed by atoms with van der Waals surface area (Å²) in [5.41, 5.74) is -0.388. The van der Waals surface area contributed by atoms with Crippen molar-refractivity contribution >= 4 is 16.5 Å². The standard InChI is InChI=1S/C11H7F3N2OS/c1-6-10(5-15)18(17)9-3-2-7(11(12,13)14)4-8(9)16-6/h2-4,16H,1H3. The lowest BCUT2D eigenvalue weighted by Gasteiger charge is -2.20. The van der Waals surface area contributed by atoms with Crippen LogP contribution in [0.4, 0.5) is 18.9 Å². The van der Waals surface area contributed by atoms with Crippen LogP contribution < -0.4 is 5.32 Å². The van der Waals surface area contributed by atoms with E-state index in [4.69, 9.17) is 5.26 Å². The highest BCUT2D eigenvalue weighted by molar-refractivity contribution is 7.89. The molecule has 0 fully saturated rings. The maximum absolute atomic E-state index is 12.5. The molecule has 0 spiro atoms. The molecular formula is C11H7F3N2OS. The Bertz CT molecular complexity index is 614. The zero-order valence-electron chi connectivity index (χ0n) is 9.13. The maximum atomic E-state index is 12.5. The summed E-state index contributed by atoms with van der Waals surface area (Å²) in [4.78, 5) is 0.215. The molecule has 1 aromatic carbocycles. The van der Waals surface area contributed by atoms with E-state index in [0.717, 1.165) is 18.2 Å². The summed E-state index contributed by atoms with van der Waals surface area (Å²) in [5, 5.41) is 11.5. The van der Waals surface area contributed by atoms with Crippen molar-refractivity contribution in [1.82, 2.24) is 0 Å². The van der Waals surface area contributed by atoms with Crippen molar-refractivity contribution in [2.75, 3.05) is 5.32 Å². The highest BCUT2D eigenvalue weighted by atomic mass is 32.2. The molecule has 0 aromatic heterocycles. The summed E-state index contributed by atoms with van der Waals surface area (Å²) in [5.74, 6) is 0. The van der Waals surface area contributed by atoms with Gasteiger partial charge in [0, 0.05) is 5.70 Å². The smallest absolute Gasteiger partial charge is 0.357 e. The number of benzene rings is 1. The predicted octanol–water partition coefficient (Wildman–Crippen LogP) is 2.99. The van der Waals surface area contributed by atoms with E-state index in [1.54, 1.807) is 6.07 Å². The number of allylic oxidation sites excluding steroid dienone is 2. The Morgan fingerprint density at radius 2 is 2.06 bits per heavy atom. The Labute approximate surface area is 103 Å². The van der Waals surface area contributed by atoms with Crippen molar-refractivity contribution in [3.63, 3.8) is 0 Å². The number of nitrogens with one attached hydrogen (secondary N) is 1. The average molecular weight is 272 g/mol. The Balaban J connectivity index is 2.55. The van der Waals surface area contributed by atoms with E-state index in [-0.39, 0.29) is 15.5 Å². The number of rotatable bonds is 0. The molecule has 94 valence electrons. The fraction of sp³-hybridized carbons (Fsp3) is 0.182. The van der Waals surface area contributed by atoms with E-state index in [1.165, 1.54) is 6.92 Å². The van der Waals surface area contributed by atoms with Crippen molar-refractivity contribution < 1.29 is 17.4 Å². The number of hydrogen-bond acceptors (Lipinski definition) is 3. The van der Waals surface area contributed by atoms with Gasteiger partial charge in [-0.1, -0.05) is 0 Å². The molecule has 1 unspecified atom stereocenters. The highest BCUT2D eigenvalue weighted by Crippen LogP contribution is 2.36. The fourth-order valence-electron chi connectivity index (χ4n) is 1.60. The van der Waals surface area contributed by atoms with E-state index in [9.17, 15) is 17.4 Å². The van der Waals surface area contributed by atoms with Gasteiger partial charge in [-0.15, -0.1) is 0 Å². The summed E-state index contributed by atoms with van der Waals surface area (Å²) < 4.78 is 49.5. The summed E-state index contributed by atoms with van der Waals surface area (Å²) in [6.07, 6.45) is -4.45. The number of halogens is 3. The molecule has 1 atom stereocenters. The molecule has 1 heterocycles. The third-order valence-electron chi connectivity index (χ3n) is 2.46. The van der Waals surface area contributed by atoms with Crippen LogP contribution in [0, 0.1) is 11.3 Å². The lowest BCUT2D eigenvalue weighted by Crippen LogP contribution is -2.14. The summed E-state index contributed by atoms with van der Waals surface area (Å²) in [6.45, 7) is 1.50. The van der Waals surface area contributed by atoms with Crippen LogP contribution in [-0.4, -0.2) is 4.21 Å². The first-order valence-electron chi connectivity index (χ1n) is 4.85. The maximum Gasteiger partial charge on any atom is 0.416 e.